The second-order valence-corrected chi connectivity index (χ2v) is 5.01. The lowest BCUT2D eigenvalue weighted by molar-refractivity contribution is 0.547. The molecule has 0 spiro atoms. The Morgan fingerprint density at radius 3 is 2.53 bits per heavy atom. The van der Waals surface area contributed by atoms with Crippen LogP contribution in [0.3, 0.4) is 0 Å². The molecule has 2 N–H and O–H groups in total. The molecule has 0 radical (unpaired) electrons. The van der Waals surface area contributed by atoms with Gasteiger partial charge in [0.25, 0.3) is 0 Å². The summed E-state index contributed by atoms with van der Waals surface area (Å²) in [6.45, 7) is 6.62. The summed E-state index contributed by atoms with van der Waals surface area (Å²) in [5.74, 6) is 0.573. The monoisotopic (exact) mass is 203 g/mol. The van der Waals surface area contributed by atoms with Gasteiger partial charge in [0.2, 0.25) is 0 Å². The number of fused-ring (bicyclic) bond motifs is 1. The van der Waals surface area contributed by atoms with E-state index in [1.807, 2.05) is 12.3 Å². The first-order valence-corrected chi connectivity index (χ1v) is 5.11. The van der Waals surface area contributed by atoms with Crippen molar-refractivity contribution in [3.63, 3.8) is 0 Å². The lowest BCUT2D eigenvalue weighted by Crippen LogP contribution is -2.15. The summed E-state index contributed by atoms with van der Waals surface area (Å²) in [4.78, 5) is 4.11. The highest BCUT2D eigenvalue weighted by atomic mass is 15.0. The standard InChI is InChI=1S/C12H17N3/c1-12(2,3)10-5-8-7-14-11(13)6-9(8)15(10)4/h5-7H,1-4H3,(H2,13,14). The van der Waals surface area contributed by atoms with E-state index < -0.39 is 0 Å². The number of rotatable bonds is 0. The van der Waals surface area contributed by atoms with Gasteiger partial charge < -0.3 is 10.3 Å². The van der Waals surface area contributed by atoms with Gasteiger partial charge in [-0.2, -0.15) is 0 Å². The van der Waals surface area contributed by atoms with Gasteiger partial charge in [0.1, 0.15) is 5.82 Å². The minimum absolute atomic E-state index is 0.141. The van der Waals surface area contributed by atoms with Crippen molar-refractivity contribution in [3.05, 3.63) is 24.0 Å². The lowest BCUT2D eigenvalue weighted by atomic mass is 9.92. The van der Waals surface area contributed by atoms with Gasteiger partial charge in [-0.15, -0.1) is 0 Å². The summed E-state index contributed by atoms with van der Waals surface area (Å²) in [5, 5.41) is 1.15. The maximum Gasteiger partial charge on any atom is 0.125 e. The van der Waals surface area contributed by atoms with Gasteiger partial charge in [-0.25, -0.2) is 4.98 Å². The van der Waals surface area contributed by atoms with Crippen LogP contribution in [0, 0.1) is 0 Å². The molecule has 3 nitrogen and oxygen atoms in total. The zero-order chi connectivity index (χ0) is 11.2. The number of hydrogen-bond acceptors (Lipinski definition) is 2. The van der Waals surface area contributed by atoms with Gasteiger partial charge in [0.05, 0.1) is 5.52 Å². The largest absolute Gasteiger partial charge is 0.384 e. The first-order chi connectivity index (χ1) is 6.89. The molecule has 0 unspecified atom stereocenters. The Kier molecular flexibility index (Phi) is 2.00. The van der Waals surface area contributed by atoms with E-state index in [9.17, 15) is 0 Å². The molecule has 2 aromatic heterocycles. The second-order valence-electron chi connectivity index (χ2n) is 5.01. The zero-order valence-electron chi connectivity index (χ0n) is 9.70. The van der Waals surface area contributed by atoms with Crippen LogP contribution >= 0.6 is 0 Å². The Balaban J connectivity index is 2.76. The number of nitrogen functional groups attached to an aromatic ring is 1. The van der Waals surface area contributed by atoms with Crippen LogP contribution in [-0.4, -0.2) is 9.55 Å². The van der Waals surface area contributed by atoms with Crippen molar-refractivity contribution in [2.45, 2.75) is 26.2 Å². The van der Waals surface area contributed by atoms with E-state index in [1.54, 1.807) is 0 Å². The van der Waals surface area contributed by atoms with Crippen molar-refractivity contribution in [1.29, 1.82) is 0 Å². The van der Waals surface area contributed by atoms with Crippen molar-refractivity contribution in [2.24, 2.45) is 7.05 Å². The summed E-state index contributed by atoms with van der Waals surface area (Å²) < 4.78 is 2.19. The van der Waals surface area contributed by atoms with Crippen LogP contribution in [0.25, 0.3) is 10.9 Å². The average Bonchev–Trinajstić information content (AvgIpc) is 2.43. The van der Waals surface area contributed by atoms with E-state index in [2.05, 4.69) is 43.4 Å². The third kappa shape index (κ3) is 1.58. The number of nitrogens with two attached hydrogens (primary N) is 1. The third-order valence-electron chi connectivity index (χ3n) is 2.72. The van der Waals surface area contributed by atoms with Gasteiger partial charge in [-0.3, -0.25) is 0 Å². The zero-order valence-corrected chi connectivity index (χ0v) is 9.70. The lowest BCUT2D eigenvalue weighted by Gasteiger charge is -2.19. The summed E-state index contributed by atoms with van der Waals surface area (Å²) >= 11 is 0. The van der Waals surface area contributed by atoms with Crippen LogP contribution in [0.4, 0.5) is 5.82 Å². The Bertz CT molecular complexity index is 503. The number of nitrogens with zero attached hydrogens (tertiary/aromatic N) is 2. The van der Waals surface area contributed by atoms with Crippen LogP contribution < -0.4 is 5.73 Å². The molecule has 0 aromatic carbocycles. The minimum Gasteiger partial charge on any atom is -0.384 e. The molecule has 3 heteroatoms. The highest BCUT2D eigenvalue weighted by Crippen LogP contribution is 2.28. The van der Waals surface area contributed by atoms with Gasteiger partial charge >= 0.3 is 0 Å². The Labute approximate surface area is 89.9 Å². The minimum atomic E-state index is 0.141. The molecule has 0 atom stereocenters. The Hall–Kier alpha value is -1.51. The van der Waals surface area contributed by atoms with Crippen molar-refractivity contribution in [3.8, 4) is 0 Å². The van der Waals surface area contributed by atoms with Crippen molar-refractivity contribution in [1.82, 2.24) is 9.55 Å². The fraction of sp³-hybridized carbons (Fsp3) is 0.417. The van der Waals surface area contributed by atoms with Crippen molar-refractivity contribution < 1.29 is 0 Å². The number of anilines is 1. The third-order valence-corrected chi connectivity index (χ3v) is 2.72. The predicted molar refractivity (Wildman–Crippen MR) is 63.8 cm³/mol. The average molecular weight is 203 g/mol. The van der Waals surface area contributed by atoms with Crippen LogP contribution in [0.1, 0.15) is 26.5 Å². The van der Waals surface area contributed by atoms with Crippen molar-refractivity contribution in [2.75, 3.05) is 5.73 Å². The van der Waals surface area contributed by atoms with E-state index in [4.69, 9.17) is 5.73 Å². The summed E-state index contributed by atoms with van der Waals surface area (Å²) in [6, 6.07) is 4.10. The van der Waals surface area contributed by atoms with E-state index in [0.29, 0.717) is 5.82 Å². The number of aryl methyl sites for hydroxylation is 1. The van der Waals surface area contributed by atoms with Crippen molar-refractivity contribution >= 4 is 16.7 Å². The Morgan fingerprint density at radius 1 is 1.27 bits per heavy atom. The maximum atomic E-state index is 5.69. The van der Waals surface area contributed by atoms with E-state index in [0.717, 1.165) is 10.9 Å². The molecule has 2 rings (SSSR count). The molecule has 0 fully saturated rings. The molecule has 0 bridgehead atoms. The van der Waals surface area contributed by atoms with Crippen LogP contribution in [0.2, 0.25) is 0 Å². The van der Waals surface area contributed by atoms with Gasteiger partial charge in [0.15, 0.2) is 0 Å². The maximum absolute atomic E-state index is 5.69. The van der Waals surface area contributed by atoms with E-state index in [1.165, 1.54) is 5.69 Å². The highest BCUT2D eigenvalue weighted by molar-refractivity contribution is 5.82. The summed E-state index contributed by atoms with van der Waals surface area (Å²) in [7, 11) is 2.07. The molecular formula is C12H17N3. The number of hydrogen-bond donors (Lipinski definition) is 1. The molecule has 0 aliphatic rings. The normalized spacial score (nSPS) is 12.3. The summed E-state index contributed by atoms with van der Waals surface area (Å²) in [5.41, 5.74) is 8.27. The predicted octanol–water partition coefficient (Wildman–Crippen LogP) is 2.45. The fourth-order valence-corrected chi connectivity index (χ4v) is 1.97. The molecule has 0 saturated carbocycles. The molecular weight excluding hydrogens is 186 g/mol. The quantitative estimate of drug-likeness (QED) is 0.714. The first kappa shape index (κ1) is 10.0. The molecule has 80 valence electrons. The topological polar surface area (TPSA) is 43.8 Å². The molecule has 2 aromatic rings. The molecule has 0 aliphatic heterocycles. The molecule has 2 heterocycles. The molecule has 0 amide bonds. The first-order valence-electron chi connectivity index (χ1n) is 5.11. The summed E-state index contributed by atoms with van der Waals surface area (Å²) in [6.07, 6.45) is 1.83. The fourth-order valence-electron chi connectivity index (χ4n) is 1.97. The van der Waals surface area contributed by atoms with E-state index in [-0.39, 0.29) is 5.41 Å². The number of aromatic nitrogens is 2. The molecule has 0 saturated heterocycles. The Morgan fingerprint density at radius 2 is 1.93 bits per heavy atom. The molecule has 15 heavy (non-hydrogen) atoms. The molecule has 0 aliphatic carbocycles. The SMILES string of the molecule is Cn1c(C(C)(C)C)cc2cnc(N)cc21. The van der Waals surface area contributed by atoms with Gasteiger partial charge in [-0.1, -0.05) is 20.8 Å². The van der Waals surface area contributed by atoms with E-state index >= 15 is 0 Å². The smallest absolute Gasteiger partial charge is 0.125 e. The van der Waals surface area contributed by atoms with Gasteiger partial charge in [-0.05, 0) is 6.07 Å². The van der Waals surface area contributed by atoms with Crippen LogP contribution in [0.5, 0.6) is 0 Å². The van der Waals surface area contributed by atoms with Crippen LogP contribution in [-0.2, 0) is 12.5 Å². The van der Waals surface area contributed by atoms with Gasteiger partial charge in [0, 0.05) is 35.8 Å². The van der Waals surface area contributed by atoms with Crippen LogP contribution in [0.15, 0.2) is 18.3 Å². The number of pyridine rings is 1. The highest BCUT2D eigenvalue weighted by Gasteiger charge is 2.19. The second kappa shape index (κ2) is 2.99.